The van der Waals surface area contributed by atoms with Crippen molar-refractivity contribution in [3.05, 3.63) is 12.4 Å². The molecule has 0 saturated heterocycles. The van der Waals surface area contributed by atoms with Crippen molar-refractivity contribution < 1.29 is 0 Å². The van der Waals surface area contributed by atoms with Gasteiger partial charge in [0.15, 0.2) is 0 Å². The Bertz CT molecular complexity index is 127. The lowest BCUT2D eigenvalue weighted by molar-refractivity contribution is 0.696. The SMILES string of the molecule is Cl.ClCn1ccnn1. The van der Waals surface area contributed by atoms with E-state index in [0.29, 0.717) is 6.00 Å². The van der Waals surface area contributed by atoms with Crippen molar-refractivity contribution in [2.24, 2.45) is 0 Å². The number of aromatic nitrogens is 3. The molecule has 0 amide bonds. The maximum absolute atomic E-state index is 5.33. The molecule has 8 heavy (non-hydrogen) atoms. The Morgan fingerprint density at radius 3 is 2.62 bits per heavy atom. The molecule has 1 aromatic rings. The Hall–Kier alpha value is -0.280. The molecule has 0 aliphatic heterocycles. The summed E-state index contributed by atoms with van der Waals surface area (Å²) in [6.45, 7) is 0. The molecule has 0 spiro atoms. The highest BCUT2D eigenvalue weighted by Crippen LogP contribution is 1.81. The number of nitrogens with zero attached hydrogens (tertiary/aromatic N) is 3. The Kier molecular flexibility index (Phi) is 3.56. The van der Waals surface area contributed by atoms with Crippen molar-refractivity contribution in [2.45, 2.75) is 6.00 Å². The highest BCUT2D eigenvalue weighted by atomic mass is 35.5. The van der Waals surface area contributed by atoms with E-state index in [4.69, 9.17) is 11.6 Å². The summed E-state index contributed by atoms with van der Waals surface area (Å²) < 4.78 is 1.53. The molecule has 0 aliphatic rings. The van der Waals surface area contributed by atoms with E-state index in [0.717, 1.165) is 0 Å². The van der Waals surface area contributed by atoms with Gasteiger partial charge in [-0.25, -0.2) is 4.68 Å². The lowest BCUT2D eigenvalue weighted by atomic mass is 10.9. The third kappa shape index (κ3) is 1.68. The first-order valence-corrected chi connectivity index (χ1v) is 2.37. The average Bonchev–Trinajstić information content (AvgIpc) is 2.14. The van der Waals surface area contributed by atoms with Gasteiger partial charge in [0.1, 0.15) is 6.00 Å². The first-order chi connectivity index (χ1) is 3.43. The molecule has 0 atom stereocenters. The van der Waals surface area contributed by atoms with Crippen LogP contribution in [0.4, 0.5) is 0 Å². The summed E-state index contributed by atoms with van der Waals surface area (Å²) in [5.41, 5.74) is 0. The highest BCUT2D eigenvalue weighted by Gasteiger charge is 1.80. The Morgan fingerprint density at radius 1 is 1.62 bits per heavy atom. The summed E-state index contributed by atoms with van der Waals surface area (Å²) in [6, 6.07) is 0.375. The van der Waals surface area contributed by atoms with E-state index >= 15 is 0 Å². The number of alkyl halides is 1. The van der Waals surface area contributed by atoms with Gasteiger partial charge < -0.3 is 0 Å². The van der Waals surface area contributed by atoms with Gasteiger partial charge in [-0.1, -0.05) is 5.21 Å². The quantitative estimate of drug-likeness (QED) is 0.562. The average molecular weight is 154 g/mol. The minimum atomic E-state index is 0. The zero-order valence-electron chi connectivity index (χ0n) is 3.99. The second kappa shape index (κ2) is 3.69. The maximum atomic E-state index is 5.33. The smallest absolute Gasteiger partial charge is 0.117 e. The Labute approximate surface area is 58.0 Å². The monoisotopic (exact) mass is 153 g/mol. The second-order valence-electron chi connectivity index (χ2n) is 1.06. The minimum absolute atomic E-state index is 0. The van der Waals surface area contributed by atoms with Crippen LogP contribution in [0, 0.1) is 0 Å². The third-order valence-electron chi connectivity index (χ3n) is 0.594. The molecular weight excluding hydrogens is 149 g/mol. The van der Waals surface area contributed by atoms with E-state index in [9.17, 15) is 0 Å². The van der Waals surface area contributed by atoms with Gasteiger partial charge in [-0.15, -0.1) is 29.1 Å². The number of halogens is 2. The molecule has 5 heteroatoms. The number of rotatable bonds is 1. The van der Waals surface area contributed by atoms with Gasteiger partial charge in [0, 0.05) is 6.20 Å². The van der Waals surface area contributed by atoms with E-state index < -0.39 is 0 Å². The van der Waals surface area contributed by atoms with Crippen LogP contribution in [0.3, 0.4) is 0 Å². The lowest BCUT2D eigenvalue weighted by Gasteiger charge is -1.83. The Morgan fingerprint density at radius 2 is 2.38 bits per heavy atom. The normalized spacial score (nSPS) is 8.12. The summed E-state index contributed by atoms with van der Waals surface area (Å²) in [7, 11) is 0. The van der Waals surface area contributed by atoms with Crippen LogP contribution in [-0.2, 0) is 6.00 Å². The molecule has 1 heterocycles. The van der Waals surface area contributed by atoms with Crippen molar-refractivity contribution in [1.29, 1.82) is 0 Å². The summed E-state index contributed by atoms with van der Waals surface area (Å²) in [5.74, 6) is 0. The van der Waals surface area contributed by atoms with E-state index in [1.807, 2.05) is 0 Å². The van der Waals surface area contributed by atoms with Crippen LogP contribution >= 0.6 is 24.0 Å². The molecule has 0 fully saturated rings. The molecule has 46 valence electrons. The van der Waals surface area contributed by atoms with Crippen LogP contribution in [0.1, 0.15) is 0 Å². The van der Waals surface area contributed by atoms with E-state index in [1.165, 1.54) is 4.68 Å². The van der Waals surface area contributed by atoms with Gasteiger partial charge in [-0.05, 0) is 0 Å². The molecule has 0 N–H and O–H groups in total. The van der Waals surface area contributed by atoms with E-state index in [2.05, 4.69) is 10.3 Å². The summed E-state index contributed by atoms with van der Waals surface area (Å²) in [4.78, 5) is 0. The first-order valence-electron chi connectivity index (χ1n) is 1.83. The molecule has 1 rings (SSSR count). The molecule has 0 aromatic carbocycles. The molecule has 0 unspecified atom stereocenters. The largest absolute Gasteiger partial charge is 0.238 e. The zero-order chi connectivity index (χ0) is 5.11. The topological polar surface area (TPSA) is 30.7 Å². The number of hydrogen-bond acceptors (Lipinski definition) is 2. The predicted octanol–water partition coefficient (Wildman–Crippen LogP) is 0.896. The van der Waals surface area contributed by atoms with Crippen molar-refractivity contribution in [1.82, 2.24) is 15.0 Å². The van der Waals surface area contributed by atoms with Crippen LogP contribution in [0.5, 0.6) is 0 Å². The molecule has 0 radical (unpaired) electrons. The fourth-order valence-electron chi connectivity index (χ4n) is 0.296. The van der Waals surface area contributed by atoms with Gasteiger partial charge in [-0.2, -0.15) is 0 Å². The summed E-state index contributed by atoms with van der Waals surface area (Å²) >= 11 is 5.33. The highest BCUT2D eigenvalue weighted by molar-refractivity contribution is 6.15. The third-order valence-corrected chi connectivity index (χ3v) is 0.839. The van der Waals surface area contributed by atoms with Crippen molar-refractivity contribution in [2.75, 3.05) is 0 Å². The molecular formula is C3H5Cl2N3. The molecule has 1 aromatic heterocycles. The van der Waals surface area contributed by atoms with Crippen LogP contribution in [0.2, 0.25) is 0 Å². The lowest BCUT2D eigenvalue weighted by Crippen LogP contribution is -1.90. The van der Waals surface area contributed by atoms with Crippen LogP contribution in [-0.4, -0.2) is 15.0 Å². The summed E-state index contributed by atoms with van der Waals surface area (Å²) in [5, 5.41) is 7.09. The second-order valence-corrected chi connectivity index (χ2v) is 1.30. The van der Waals surface area contributed by atoms with Crippen molar-refractivity contribution >= 4 is 24.0 Å². The van der Waals surface area contributed by atoms with E-state index in [-0.39, 0.29) is 12.4 Å². The fourth-order valence-corrected chi connectivity index (χ4v) is 0.424. The molecule has 0 bridgehead atoms. The van der Waals surface area contributed by atoms with Crippen molar-refractivity contribution in [3.8, 4) is 0 Å². The maximum Gasteiger partial charge on any atom is 0.117 e. The van der Waals surface area contributed by atoms with Gasteiger partial charge in [-0.3, -0.25) is 0 Å². The first kappa shape index (κ1) is 7.72. The molecule has 0 saturated carbocycles. The fraction of sp³-hybridized carbons (Fsp3) is 0.333. The van der Waals surface area contributed by atoms with Crippen LogP contribution in [0.15, 0.2) is 12.4 Å². The minimum Gasteiger partial charge on any atom is -0.238 e. The molecule has 0 aliphatic carbocycles. The van der Waals surface area contributed by atoms with Gasteiger partial charge in [0.05, 0.1) is 6.20 Å². The standard InChI is InChI=1S/C3H4ClN3.ClH/c4-3-7-2-1-5-6-7;/h1-2H,3H2;1H. The van der Waals surface area contributed by atoms with Crippen LogP contribution in [0.25, 0.3) is 0 Å². The molecule has 3 nitrogen and oxygen atoms in total. The van der Waals surface area contributed by atoms with Gasteiger partial charge in [0.25, 0.3) is 0 Å². The number of hydrogen-bond donors (Lipinski definition) is 0. The van der Waals surface area contributed by atoms with Gasteiger partial charge >= 0.3 is 0 Å². The predicted molar refractivity (Wildman–Crippen MR) is 33.1 cm³/mol. The van der Waals surface area contributed by atoms with E-state index in [1.54, 1.807) is 12.4 Å². The summed E-state index contributed by atoms with van der Waals surface area (Å²) in [6.07, 6.45) is 3.29. The van der Waals surface area contributed by atoms with Crippen molar-refractivity contribution in [3.63, 3.8) is 0 Å². The van der Waals surface area contributed by atoms with Crippen LogP contribution < -0.4 is 0 Å². The zero-order valence-corrected chi connectivity index (χ0v) is 5.56. The van der Waals surface area contributed by atoms with Gasteiger partial charge in [0.2, 0.25) is 0 Å². The Balaban J connectivity index is 0.000000490.